The van der Waals surface area contributed by atoms with Crippen molar-refractivity contribution in [3.05, 3.63) is 58.0 Å². The highest BCUT2D eigenvalue weighted by Crippen LogP contribution is 2.39. The average molecular weight is 396 g/mol. The maximum atomic E-state index is 13.0. The molecule has 28 heavy (non-hydrogen) atoms. The number of carbonyl (C=O) groups excluding carboxylic acids is 1. The lowest BCUT2D eigenvalue weighted by atomic mass is 9.76. The Hall–Kier alpha value is -2.73. The number of anilines is 2. The molecule has 3 aromatic rings. The Morgan fingerprint density at radius 2 is 1.82 bits per heavy atom. The fraction of sp³-hybridized carbons (Fsp3) is 0.333. The summed E-state index contributed by atoms with van der Waals surface area (Å²) in [5.41, 5.74) is 3.81. The second-order valence-corrected chi connectivity index (χ2v) is 8.55. The zero-order valence-electron chi connectivity index (χ0n) is 16.4. The Morgan fingerprint density at radius 3 is 2.50 bits per heavy atom. The molecule has 0 fully saturated rings. The molecule has 1 aromatic carbocycles. The van der Waals surface area contributed by atoms with E-state index in [-0.39, 0.29) is 11.2 Å². The summed E-state index contributed by atoms with van der Waals surface area (Å²) in [6.07, 6.45) is 1.19. The number of hydrogen-bond acceptors (Lipinski definition) is 5. The number of Topliss-reactive ketones (excluding diaryl/α,β-unsaturated/α-hetero) is 1. The van der Waals surface area contributed by atoms with Crippen LogP contribution in [0.2, 0.25) is 5.02 Å². The number of halogens is 1. The Bertz CT molecular complexity index is 1070. The Morgan fingerprint density at radius 1 is 1.11 bits per heavy atom. The van der Waals surface area contributed by atoms with Gasteiger partial charge in [-0.1, -0.05) is 31.5 Å². The van der Waals surface area contributed by atoms with E-state index in [0.717, 1.165) is 22.8 Å². The maximum Gasteiger partial charge on any atom is 0.251 e. The summed E-state index contributed by atoms with van der Waals surface area (Å²) >= 11 is 6.10. The summed E-state index contributed by atoms with van der Waals surface area (Å²) in [6, 6.07) is 9.27. The van der Waals surface area contributed by atoms with Gasteiger partial charge in [0.2, 0.25) is 0 Å². The van der Waals surface area contributed by atoms with Crippen molar-refractivity contribution in [3.63, 3.8) is 0 Å². The number of ketones is 1. The molecule has 0 radical (unpaired) electrons. The van der Waals surface area contributed by atoms with Gasteiger partial charge < -0.3 is 5.32 Å². The van der Waals surface area contributed by atoms with Crippen molar-refractivity contribution >= 4 is 28.9 Å². The summed E-state index contributed by atoms with van der Waals surface area (Å²) in [7, 11) is 0. The summed E-state index contributed by atoms with van der Waals surface area (Å²) in [4.78, 5) is 22.1. The van der Waals surface area contributed by atoms with Crippen LogP contribution in [0, 0.1) is 19.3 Å². The van der Waals surface area contributed by atoms with Gasteiger partial charge >= 0.3 is 0 Å². The molecule has 1 N–H and O–H groups in total. The Balaban J connectivity index is 1.88. The van der Waals surface area contributed by atoms with E-state index in [1.165, 1.54) is 0 Å². The van der Waals surface area contributed by atoms with Gasteiger partial charge in [-0.15, -0.1) is 5.10 Å². The fourth-order valence-electron chi connectivity index (χ4n) is 3.71. The van der Waals surface area contributed by atoms with Crippen molar-refractivity contribution in [1.29, 1.82) is 0 Å². The smallest absolute Gasteiger partial charge is 0.251 e. The van der Waals surface area contributed by atoms with Crippen LogP contribution in [-0.2, 0) is 6.42 Å². The van der Waals surface area contributed by atoms with Gasteiger partial charge in [-0.2, -0.15) is 0 Å². The van der Waals surface area contributed by atoms with Crippen molar-refractivity contribution < 1.29 is 4.79 Å². The molecule has 1 aliphatic carbocycles. The zero-order valence-corrected chi connectivity index (χ0v) is 17.1. The van der Waals surface area contributed by atoms with E-state index in [0.29, 0.717) is 35.2 Å². The topological polar surface area (TPSA) is 72.7 Å². The summed E-state index contributed by atoms with van der Waals surface area (Å²) in [6.45, 7) is 8.04. The lowest BCUT2D eigenvalue weighted by molar-refractivity contribution is 0.0911. The van der Waals surface area contributed by atoms with Crippen molar-refractivity contribution in [2.24, 2.45) is 5.41 Å². The molecule has 0 amide bonds. The Kier molecular flexibility index (Phi) is 4.46. The third-order valence-electron chi connectivity index (χ3n) is 4.79. The van der Waals surface area contributed by atoms with E-state index in [4.69, 9.17) is 16.7 Å². The molecule has 7 heteroatoms. The van der Waals surface area contributed by atoms with Crippen LogP contribution in [-0.4, -0.2) is 25.5 Å². The number of aryl methyl sites for hydroxylation is 2. The van der Waals surface area contributed by atoms with Gasteiger partial charge in [0, 0.05) is 28.5 Å². The third-order valence-corrected chi connectivity index (χ3v) is 5.03. The van der Waals surface area contributed by atoms with Crippen LogP contribution in [0.3, 0.4) is 0 Å². The number of nitrogens with zero attached hydrogens (tertiary/aromatic N) is 4. The second kappa shape index (κ2) is 6.71. The van der Waals surface area contributed by atoms with Crippen LogP contribution in [0.1, 0.15) is 47.7 Å². The molecule has 0 unspecified atom stereocenters. The van der Waals surface area contributed by atoms with Gasteiger partial charge in [-0.3, -0.25) is 4.79 Å². The number of rotatable bonds is 3. The molecule has 1 aliphatic rings. The van der Waals surface area contributed by atoms with Gasteiger partial charge in [-0.05, 0) is 49.9 Å². The molecular weight excluding hydrogens is 374 g/mol. The third kappa shape index (κ3) is 3.52. The van der Waals surface area contributed by atoms with Crippen LogP contribution in [0.4, 0.5) is 11.5 Å². The minimum Gasteiger partial charge on any atom is -0.338 e. The van der Waals surface area contributed by atoms with Crippen molar-refractivity contribution in [2.45, 2.75) is 40.5 Å². The van der Waals surface area contributed by atoms with Crippen molar-refractivity contribution in [3.8, 4) is 5.95 Å². The lowest BCUT2D eigenvalue weighted by Crippen LogP contribution is -2.28. The zero-order chi connectivity index (χ0) is 20.1. The van der Waals surface area contributed by atoms with E-state index >= 15 is 0 Å². The van der Waals surface area contributed by atoms with Crippen molar-refractivity contribution in [1.82, 2.24) is 19.7 Å². The fourth-order valence-corrected chi connectivity index (χ4v) is 3.90. The molecule has 2 heterocycles. The quantitative estimate of drug-likeness (QED) is 0.687. The minimum absolute atomic E-state index is 0.0754. The van der Waals surface area contributed by atoms with Gasteiger partial charge in [0.05, 0.1) is 11.3 Å². The number of benzene rings is 1. The summed E-state index contributed by atoms with van der Waals surface area (Å²) < 4.78 is 1.71. The average Bonchev–Trinajstić information content (AvgIpc) is 2.91. The standard InChI is InChI=1S/C21H22ClN5O/c1-12-8-13(2)24-20(23-12)27-16-10-21(3,4)11-17(28)18(16)19(26-27)25-15-7-5-6-14(22)9-15/h5-9H,10-11H2,1-4H3,(H,25,26). The van der Waals surface area contributed by atoms with E-state index in [9.17, 15) is 4.79 Å². The van der Waals surface area contributed by atoms with Crippen LogP contribution in [0.15, 0.2) is 30.3 Å². The van der Waals surface area contributed by atoms with Gasteiger partial charge in [0.1, 0.15) is 0 Å². The highest BCUT2D eigenvalue weighted by atomic mass is 35.5. The Labute approximate surface area is 169 Å². The minimum atomic E-state index is -0.145. The molecule has 0 aliphatic heterocycles. The molecule has 0 bridgehead atoms. The first kappa shape index (κ1) is 18.6. The maximum absolute atomic E-state index is 13.0. The molecule has 0 saturated heterocycles. The molecule has 144 valence electrons. The predicted octanol–water partition coefficient (Wildman–Crippen LogP) is 4.83. The van der Waals surface area contributed by atoms with Crippen molar-refractivity contribution in [2.75, 3.05) is 5.32 Å². The van der Waals surface area contributed by atoms with Crippen LogP contribution in [0.5, 0.6) is 0 Å². The number of aromatic nitrogens is 4. The molecule has 0 atom stereocenters. The number of fused-ring (bicyclic) bond motifs is 1. The van der Waals surface area contributed by atoms with Crippen LogP contribution < -0.4 is 5.32 Å². The molecule has 4 rings (SSSR count). The number of hydrogen-bond donors (Lipinski definition) is 1. The number of nitrogens with one attached hydrogen (secondary N) is 1. The van der Waals surface area contributed by atoms with E-state index in [1.54, 1.807) is 16.8 Å². The first-order valence-corrected chi connectivity index (χ1v) is 9.60. The van der Waals surface area contributed by atoms with Crippen LogP contribution >= 0.6 is 11.6 Å². The highest BCUT2D eigenvalue weighted by Gasteiger charge is 2.37. The second-order valence-electron chi connectivity index (χ2n) is 8.11. The summed E-state index contributed by atoms with van der Waals surface area (Å²) in [5.74, 6) is 1.07. The normalized spacial score (nSPS) is 15.4. The largest absolute Gasteiger partial charge is 0.338 e. The summed E-state index contributed by atoms with van der Waals surface area (Å²) in [5, 5.41) is 8.57. The first-order valence-electron chi connectivity index (χ1n) is 9.22. The highest BCUT2D eigenvalue weighted by molar-refractivity contribution is 6.30. The van der Waals surface area contributed by atoms with E-state index in [2.05, 4.69) is 29.1 Å². The first-order chi connectivity index (χ1) is 13.2. The van der Waals surface area contributed by atoms with E-state index < -0.39 is 0 Å². The molecular formula is C21H22ClN5O. The monoisotopic (exact) mass is 395 g/mol. The van der Waals surface area contributed by atoms with Gasteiger partial charge in [0.25, 0.3) is 5.95 Å². The SMILES string of the molecule is Cc1cc(C)nc(-n2nc(Nc3cccc(Cl)c3)c3c2CC(C)(C)CC3=O)n1. The number of carbonyl (C=O) groups is 1. The molecule has 2 aromatic heterocycles. The van der Waals surface area contributed by atoms with Crippen LogP contribution in [0.25, 0.3) is 5.95 Å². The molecule has 0 saturated carbocycles. The molecule has 6 nitrogen and oxygen atoms in total. The predicted molar refractivity (Wildman–Crippen MR) is 110 cm³/mol. The lowest BCUT2D eigenvalue weighted by Gasteiger charge is -2.28. The van der Waals surface area contributed by atoms with Gasteiger partial charge in [0.15, 0.2) is 11.6 Å². The van der Waals surface area contributed by atoms with E-state index in [1.807, 2.05) is 32.0 Å². The van der Waals surface area contributed by atoms with Gasteiger partial charge in [-0.25, -0.2) is 14.6 Å². The molecule has 0 spiro atoms.